The van der Waals surface area contributed by atoms with Crippen LogP contribution >= 0.6 is 22.9 Å². The van der Waals surface area contributed by atoms with E-state index in [9.17, 15) is 14.4 Å². The molecule has 10 heteroatoms. The standard InChI is InChI=1S/C15H22IN5O4/c1-3-11(15(18)24)20-13(23)6-9-25-8-5-10(2)14(17)21-12(22)4-7-19-16/h1,11,19H,2,4-9H2,(H2,18,24)(H,20,23)(H2,17,21,22). The van der Waals surface area contributed by atoms with Crippen LogP contribution in [-0.2, 0) is 19.1 Å². The van der Waals surface area contributed by atoms with Gasteiger partial charge in [0.05, 0.1) is 19.6 Å². The van der Waals surface area contributed by atoms with Crippen molar-refractivity contribution in [1.29, 1.82) is 5.41 Å². The van der Waals surface area contributed by atoms with E-state index in [1.54, 1.807) is 0 Å². The first-order chi connectivity index (χ1) is 11.8. The van der Waals surface area contributed by atoms with Gasteiger partial charge in [0.2, 0.25) is 11.8 Å². The van der Waals surface area contributed by atoms with Crippen molar-refractivity contribution < 1.29 is 19.1 Å². The van der Waals surface area contributed by atoms with Gasteiger partial charge in [-0.1, -0.05) is 12.5 Å². The fourth-order valence-corrected chi connectivity index (χ4v) is 1.74. The molecule has 0 radical (unpaired) electrons. The second kappa shape index (κ2) is 13.3. The van der Waals surface area contributed by atoms with E-state index >= 15 is 0 Å². The second-order valence-corrected chi connectivity index (χ2v) is 5.61. The van der Waals surface area contributed by atoms with Crippen molar-refractivity contribution in [3.8, 4) is 12.3 Å². The van der Waals surface area contributed by atoms with Gasteiger partial charge < -0.3 is 21.1 Å². The number of hydrogen-bond donors (Lipinski definition) is 5. The van der Waals surface area contributed by atoms with Gasteiger partial charge in [0.25, 0.3) is 5.91 Å². The Hall–Kier alpha value is -1.97. The van der Waals surface area contributed by atoms with Crippen LogP contribution in [0.15, 0.2) is 12.2 Å². The molecule has 0 aliphatic carbocycles. The molecule has 0 saturated carbocycles. The Morgan fingerprint density at radius 2 is 1.88 bits per heavy atom. The predicted molar refractivity (Wildman–Crippen MR) is 102 cm³/mol. The fourth-order valence-electron chi connectivity index (χ4n) is 1.47. The molecule has 3 amide bonds. The molecule has 0 rings (SSSR count). The first-order valence-corrected chi connectivity index (χ1v) is 8.42. The summed E-state index contributed by atoms with van der Waals surface area (Å²) >= 11 is 1.93. The van der Waals surface area contributed by atoms with Crippen LogP contribution in [0.1, 0.15) is 19.3 Å². The van der Waals surface area contributed by atoms with Crippen LogP contribution in [-0.4, -0.2) is 49.4 Å². The van der Waals surface area contributed by atoms with E-state index in [1.165, 1.54) is 0 Å². The molecule has 0 aliphatic rings. The van der Waals surface area contributed by atoms with Gasteiger partial charge in [-0.3, -0.25) is 23.3 Å². The lowest BCUT2D eigenvalue weighted by atomic mass is 10.2. The van der Waals surface area contributed by atoms with Gasteiger partial charge in [0.15, 0.2) is 6.04 Å². The largest absolute Gasteiger partial charge is 0.381 e. The molecular formula is C15H22IN5O4. The minimum atomic E-state index is -1.14. The average Bonchev–Trinajstić information content (AvgIpc) is 2.56. The quantitative estimate of drug-likeness (QED) is 0.0653. The number of ether oxygens (including phenoxy) is 1. The third kappa shape index (κ3) is 11.2. The molecule has 0 aromatic heterocycles. The Bertz CT molecular complexity index is 559. The molecule has 0 saturated heterocycles. The monoisotopic (exact) mass is 463 g/mol. The van der Waals surface area contributed by atoms with Crippen molar-refractivity contribution in [2.24, 2.45) is 5.73 Å². The Labute approximate surface area is 160 Å². The highest BCUT2D eigenvalue weighted by molar-refractivity contribution is 14.1. The third-order valence-electron chi connectivity index (χ3n) is 2.84. The minimum Gasteiger partial charge on any atom is -0.381 e. The smallest absolute Gasteiger partial charge is 0.252 e. The Kier molecular flexibility index (Phi) is 12.3. The van der Waals surface area contributed by atoms with E-state index in [4.69, 9.17) is 22.3 Å². The number of primary amides is 1. The summed E-state index contributed by atoms with van der Waals surface area (Å²) in [6, 6.07) is -1.14. The maximum Gasteiger partial charge on any atom is 0.252 e. The maximum atomic E-state index is 11.5. The summed E-state index contributed by atoms with van der Waals surface area (Å²) in [6.07, 6.45) is 5.66. The summed E-state index contributed by atoms with van der Waals surface area (Å²) in [5, 5.41) is 12.4. The number of hydrogen-bond acceptors (Lipinski definition) is 6. The van der Waals surface area contributed by atoms with Crippen LogP contribution in [0.25, 0.3) is 0 Å². The van der Waals surface area contributed by atoms with Crippen LogP contribution in [0.3, 0.4) is 0 Å². The molecule has 0 aromatic rings. The molecule has 1 unspecified atom stereocenters. The van der Waals surface area contributed by atoms with Crippen molar-refractivity contribution in [2.45, 2.75) is 25.3 Å². The van der Waals surface area contributed by atoms with Crippen molar-refractivity contribution in [1.82, 2.24) is 14.2 Å². The van der Waals surface area contributed by atoms with Crippen LogP contribution < -0.4 is 19.9 Å². The molecule has 6 N–H and O–H groups in total. The van der Waals surface area contributed by atoms with Gasteiger partial charge in [-0.05, 0) is 12.0 Å². The number of amides is 3. The molecular weight excluding hydrogens is 441 g/mol. The zero-order valence-corrected chi connectivity index (χ0v) is 15.9. The molecule has 0 aromatic carbocycles. The van der Waals surface area contributed by atoms with E-state index in [-0.39, 0.29) is 37.8 Å². The summed E-state index contributed by atoms with van der Waals surface area (Å²) in [7, 11) is 0. The van der Waals surface area contributed by atoms with Gasteiger partial charge in [-0.2, -0.15) is 0 Å². The molecule has 25 heavy (non-hydrogen) atoms. The highest BCUT2D eigenvalue weighted by atomic mass is 127. The van der Waals surface area contributed by atoms with Crippen molar-refractivity contribution in [2.75, 3.05) is 19.8 Å². The second-order valence-electron chi connectivity index (χ2n) is 4.84. The molecule has 0 fully saturated rings. The van der Waals surface area contributed by atoms with Crippen LogP contribution in [0, 0.1) is 17.8 Å². The van der Waals surface area contributed by atoms with E-state index in [0.717, 1.165) is 0 Å². The zero-order chi connectivity index (χ0) is 19.2. The molecule has 0 heterocycles. The maximum absolute atomic E-state index is 11.5. The van der Waals surface area contributed by atoms with E-state index in [2.05, 4.69) is 26.7 Å². The van der Waals surface area contributed by atoms with E-state index < -0.39 is 17.9 Å². The number of nitrogens with two attached hydrogens (primary N) is 1. The predicted octanol–water partition coefficient (Wildman–Crippen LogP) is -0.634. The molecule has 9 nitrogen and oxygen atoms in total. The summed E-state index contributed by atoms with van der Waals surface area (Å²) < 4.78 is 8.07. The molecule has 1 atom stereocenters. The topological polar surface area (TPSA) is 146 Å². The normalized spacial score (nSPS) is 11.0. The number of halogens is 1. The highest BCUT2D eigenvalue weighted by Crippen LogP contribution is 2.00. The van der Waals surface area contributed by atoms with Gasteiger partial charge >= 0.3 is 0 Å². The highest BCUT2D eigenvalue weighted by Gasteiger charge is 2.14. The first-order valence-electron chi connectivity index (χ1n) is 7.34. The van der Waals surface area contributed by atoms with Gasteiger partial charge in [0, 0.05) is 35.8 Å². The number of amidine groups is 1. The van der Waals surface area contributed by atoms with Crippen LogP contribution in [0.4, 0.5) is 0 Å². The molecule has 0 bridgehead atoms. The van der Waals surface area contributed by atoms with Crippen LogP contribution in [0.2, 0.25) is 0 Å². The van der Waals surface area contributed by atoms with Gasteiger partial charge in [-0.15, -0.1) is 6.42 Å². The Morgan fingerprint density at radius 1 is 1.24 bits per heavy atom. The van der Waals surface area contributed by atoms with Crippen molar-refractivity contribution in [3.63, 3.8) is 0 Å². The van der Waals surface area contributed by atoms with Gasteiger partial charge in [-0.25, -0.2) is 0 Å². The van der Waals surface area contributed by atoms with Crippen LogP contribution in [0.5, 0.6) is 0 Å². The summed E-state index contributed by atoms with van der Waals surface area (Å²) in [4.78, 5) is 33.9. The summed E-state index contributed by atoms with van der Waals surface area (Å²) in [5.41, 5.74) is 5.42. The van der Waals surface area contributed by atoms with Crippen molar-refractivity contribution >= 4 is 46.4 Å². The van der Waals surface area contributed by atoms with Crippen molar-refractivity contribution in [3.05, 3.63) is 12.2 Å². The Morgan fingerprint density at radius 3 is 2.44 bits per heavy atom. The SMILES string of the molecule is C#CC(NC(=O)CCOCCC(=C)C(=N)NC(=O)CCNI)C(N)=O. The average molecular weight is 463 g/mol. The fraction of sp³-hybridized carbons (Fsp3) is 0.467. The number of nitrogens with one attached hydrogen (secondary N) is 4. The number of carbonyl (C=O) groups excluding carboxylic acids is 3. The van der Waals surface area contributed by atoms with Gasteiger partial charge in [0.1, 0.15) is 5.84 Å². The Balaban J connectivity index is 3.90. The number of rotatable bonds is 12. The number of carbonyl (C=O) groups is 3. The number of terminal acetylenes is 1. The third-order valence-corrected chi connectivity index (χ3v) is 3.38. The summed E-state index contributed by atoms with van der Waals surface area (Å²) in [6.45, 7) is 4.55. The first kappa shape index (κ1) is 23.0. The molecule has 0 aliphatic heterocycles. The minimum absolute atomic E-state index is 0.00935. The zero-order valence-electron chi connectivity index (χ0n) is 13.7. The summed E-state index contributed by atoms with van der Waals surface area (Å²) in [5.74, 6) is 0.481. The lowest BCUT2D eigenvalue weighted by molar-refractivity contribution is -0.126. The lowest BCUT2D eigenvalue weighted by Crippen LogP contribution is -2.43. The molecule has 138 valence electrons. The molecule has 0 spiro atoms. The van der Waals surface area contributed by atoms with E-state index in [0.29, 0.717) is 18.5 Å². The van der Waals surface area contributed by atoms with E-state index in [1.807, 2.05) is 22.9 Å². The lowest BCUT2D eigenvalue weighted by Gasteiger charge is -2.11.